The molecule has 0 heterocycles. The molecule has 0 bridgehead atoms. The first-order valence-electron chi connectivity index (χ1n) is 4.93. The van der Waals surface area contributed by atoms with Crippen molar-refractivity contribution in [2.75, 3.05) is 0 Å². The minimum atomic E-state index is -4.82. The second-order valence-corrected chi connectivity index (χ2v) is 4.00. The number of fused-ring (bicyclic) bond motifs is 1. The Morgan fingerprint density at radius 2 is 1.29 bits per heavy atom. The first kappa shape index (κ1) is 15.2. The van der Waals surface area contributed by atoms with Crippen molar-refractivity contribution in [3.8, 4) is 0 Å². The van der Waals surface area contributed by atoms with Crippen LogP contribution in [0.5, 0.6) is 0 Å². The van der Waals surface area contributed by atoms with Gasteiger partial charge >= 0.3 is 5.79 Å². The van der Waals surface area contributed by atoms with Crippen molar-refractivity contribution in [2.24, 2.45) is 0 Å². The van der Waals surface area contributed by atoms with E-state index in [1.54, 1.807) is 0 Å². The highest BCUT2D eigenvalue weighted by Crippen LogP contribution is 2.51. The van der Waals surface area contributed by atoms with Crippen LogP contribution in [-0.4, -0.2) is 4.92 Å². The van der Waals surface area contributed by atoms with Crippen LogP contribution in [0.25, 0.3) is 0 Å². The second-order valence-electron chi connectivity index (χ2n) is 4.00. The Labute approximate surface area is 109 Å². The third kappa shape index (κ3) is 1.72. The third-order valence-electron chi connectivity index (χ3n) is 2.81. The van der Waals surface area contributed by atoms with Crippen LogP contribution in [0.15, 0.2) is 11.9 Å². The molecule has 0 spiro atoms. The lowest BCUT2D eigenvalue weighted by atomic mass is 9.86. The highest BCUT2D eigenvalue weighted by Gasteiger charge is 2.63. The maximum Gasteiger partial charge on any atom is 0.440 e. The van der Waals surface area contributed by atoms with Gasteiger partial charge in [-0.25, -0.2) is 22.0 Å². The van der Waals surface area contributed by atoms with Crippen LogP contribution in [0.3, 0.4) is 0 Å². The van der Waals surface area contributed by atoms with Gasteiger partial charge in [0.2, 0.25) is 5.83 Å². The van der Waals surface area contributed by atoms with Gasteiger partial charge in [-0.15, -0.1) is 0 Å². The van der Waals surface area contributed by atoms with Gasteiger partial charge in [-0.3, -0.25) is 10.1 Å². The minimum absolute atomic E-state index is 1.00. The van der Waals surface area contributed by atoms with Crippen LogP contribution < -0.4 is 0 Å². The molecule has 0 aliphatic heterocycles. The average Bonchev–Trinajstić information content (AvgIpc) is 2.36. The zero-order chi connectivity index (χ0) is 16.3. The Balaban J connectivity index is 3.06. The molecule has 2 rings (SSSR count). The summed E-state index contributed by atoms with van der Waals surface area (Å²) in [4.78, 5) is 8.32. The molecular weight excluding hydrogens is 318 g/mol. The largest absolute Gasteiger partial charge is 0.440 e. The number of alkyl halides is 3. The summed E-state index contributed by atoms with van der Waals surface area (Å²) in [6.45, 7) is 0. The minimum Gasteiger partial charge on any atom is -0.261 e. The van der Waals surface area contributed by atoms with E-state index in [2.05, 4.69) is 0 Å². The lowest BCUT2D eigenvalue weighted by Crippen LogP contribution is -2.40. The monoisotopic (exact) mass is 319 g/mol. The number of halogens is 8. The molecule has 1 aromatic rings. The molecule has 21 heavy (non-hydrogen) atoms. The van der Waals surface area contributed by atoms with Crippen molar-refractivity contribution in [2.45, 2.75) is 11.7 Å². The molecule has 0 radical (unpaired) electrons. The molecular formula is C10HF8NO2. The van der Waals surface area contributed by atoms with Gasteiger partial charge in [-0.1, -0.05) is 0 Å². The second kappa shape index (κ2) is 4.15. The van der Waals surface area contributed by atoms with Crippen LogP contribution in [0.1, 0.15) is 11.1 Å². The van der Waals surface area contributed by atoms with E-state index in [-0.39, 0.29) is 0 Å². The number of nitrogens with zero attached hydrogens (tertiary/aromatic N) is 1. The highest BCUT2D eigenvalue weighted by molar-refractivity contribution is 5.47. The van der Waals surface area contributed by atoms with Gasteiger partial charge in [0.15, 0.2) is 23.3 Å². The van der Waals surface area contributed by atoms with Crippen molar-refractivity contribution in [3.05, 3.63) is 56.4 Å². The Hall–Kier alpha value is -2.20. The van der Waals surface area contributed by atoms with E-state index in [0.29, 0.717) is 0 Å². The van der Waals surface area contributed by atoms with Gasteiger partial charge in [0.25, 0.3) is 5.92 Å². The molecule has 0 amide bonds. The van der Waals surface area contributed by atoms with Crippen LogP contribution in [0, 0.1) is 33.4 Å². The number of nitro groups is 1. The number of allylic oxidation sites excluding steroid dienone is 1. The van der Waals surface area contributed by atoms with Gasteiger partial charge < -0.3 is 0 Å². The van der Waals surface area contributed by atoms with Crippen LogP contribution >= 0.6 is 0 Å². The molecule has 11 heteroatoms. The smallest absolute Gasteiger partial charge is 0.261 e. The first-order chi connectivity index (χ1) is 9.46. The first-order valence-corrected chi connectivity index (χ1v) is 4.93. The molecule has 1 aliphatic carbocycles. The fraction of sp³-hybridized carbons (Fsp3) is 0.200. The van der Waals surface area contributed by atoms with E-state index in [9.17, 15) is 45.2 Å². The van der Waals surface area contributed by atoms with Crippen molar-refractivity contribution >= 4 is 0 Å². The van der Waals surface area contributed by atoms with E-state index in [0.717, 1.165) is 0 Å². The molecule has 1 aromatic carbocycles. The summed E-state index contributed by atoms with van der Waals surface area (Å²) in [5.74, 6) is -23.5. The molecule has 0 aromatic heterocycles. The fourth-order valence-corrected chi connectivity index (χ4v) is 1.88. The van der Waals surface area contributed by atoms with Crippen LogP contribution in [0.2, 0.25) is 0 Å². The maximum absolute atomic E-state index is 14.0. The fourth-order valence-electron chi connectivity index (χ4n) is 1.88. The maximum atomic E-state index is 14.0. The van der Waals surface area contributed by atoms with Gasteiger partial charge in [0.1, 0.15) is 5.56 Å². The lowest BCUT2D eigenvalue weighted by Gasteiger charge is -2.27. The topological polar surface area (TPSA) is 43.1 Å². The lowest BCUT2D eigenvalue weighted by molar-refractivity contribution is -0.608. The van der Waals surface area contributed by atoms with E-state index < -0.39 is 62.9 Å². The van der Waals surface area contributed by atoms with Gasteiger partial charge in [-0.05, 0) is 0 Å². The Morgan fingerprint density at radius 1 is 0.857 bits per heavy atom. The van der Waals surface area contributed by atoms with Crippen molar-refractivity contribution in [1.82, 2.24) is 0 Å². The summed E-state index contributed by atoms with van der Waals surface area (Å²) < 4.78 is 107. The molecule has 0 N–H and O–H groups in total. The summed E-state index contributed by atoms with van der Waals surface area (Å²) in [6.07, 6.45) is -1.00. The van der Waals surface area contributed by atoms with Crippen molar-refractivity contribution < 1.29 is 40.0 Å². The molecule has 3 nitrogen and oxygen atoms in total. The number of hydrogen-bond acceptors (Lipinski definition) is 2. The van der Waals surface area contributed by atoms with E-state index in [1.807, 2.05) is 0 Å². The summed E-state index contributed by atoms with van der Waals surface area (Å²) in [6, 6.07) is 0. The Bertz CT molecular complexity index is 701. The number of hydrogen-bond donors (Lipinski definition) is 0. The SMILES string of the molecule is O=[N+]([O-])C1(F)C(F)=CC(F)(F)c2c(F)c(F)c(F)c(F)c21. The van der Waals surface area contributed by atoms with E-state index >= 15 is 0 Å². The molecule has 1 unspecified atom stereocenters. The predicted molar refractivity (Wildman–Crippen MR) is 49.1 cm³/mol. The summed E-state index contributed by atoms with van der Waals surface area (Å²) >= 11 is 0. The van der Waals surface area contributed by atoms with Gasteiger partial charge in [0, 0.05) is 6.08 Å². The van der Waals surface area contributed by atoms with Gasteiger partial charge in [-0.2, -0.15) is 13.2 Å². The number of rotatable bonds is 1. The average molecular weight is 319 g/mol. The van der Waals surface area contributed by atoms with Crippen molar-refractivity contribution in [3.63, 3.8) is 0 Å². The standard InChI is InChI=1S/C10HF8NO2/c11-2-1-9(16,17)3-4(10(2,18)19(20)21)6(13)8(15)7(14)5(3)12/h1H. The summed E-state index contributed by atoms with van der Waals surface area (Å²) in [5, 5.41) is 10.5. The zero-order valence-electron chi connectivity index (χ0n) is 9.36. The molecule has 0 saturated carbocycles. The van der Waals surface area contributed by atoms with Gasteiger partial charge in [0.05, 0.1) is 10.5 Å². The highest BCUT2D eigenvalue weighted by atomic mass is 19.3. The zero-order valence-corrected chi connectivity index (χ0v) is 9.36. The Kier molecular flexibility index (Phi) is 3.00. The molecule has 0 saturated heterocycles. The summed E-state index contributed by atoms with van der Waals surface area (Å²) in [5.41, 5.74) is -5.02. The molecule has 1 atom stereocenters. The van der Waals surface area contributed by atoms with E-state index in [4.69, 9.17) is 0 Å². The van der Waals surface area contributed by atoms with E-state index in [1.165, 1.54) is 0 Å². The molecule has 0 fully saturated rings. The van der Waals surface area contributed by atoms with Crippen LogP contribution in [-0.2, 0) is 11.7 Å². The summed E-state index contributed by atoms with van der Waals surface area (Å²) in [7, 11) is 0. The number of benzene rings is 1. The quantitative estimate of drug-likeness (QED) is 0.198. The van der Waals surface area contributed by atoms with Crippen LogP contribution in [0.4, 0.5) is 35.1 Å². The Morgan fingerprint density at radius 3 is 1.71 bits per heavy atom. The van der Waals surface area contributed by atoms with Crippen molar-refractivity contribution in [1.29, 1.82) is 0 Å². The predicted octanol–water partition coefficient (Wildman–Crippen LogP) is 3.60. The molecule has 114 valence electrons. The normalized spacial score (nSPS) is 23.5. The third-order valence-corrected chi connectivity index (χ3v) is 2.81. The molecule has 1 aliphatic rings.